The van der Waals surface area contributed by atoms with Crippen LogP contribution in [0.3, 0.4) is 0 Å². The largest absolute Gasteiger partial charge is 0.271 e. The molecule has 29 heavy (non-hydrogen) atoms. The van der Waals surface area contributed by atoms with Crippen LogP contribution in [0.15, 0.2) is 121 Å². The second kappa shape index (κ2) is 8.96. The summed E-state index contributed by atoms with van der Waals surface area (Å²) < 4.78 is 7.07. The Morgan fingerprint density at radius 2 is 0.862 bits per heavy atom. The summed E-state index contributed by atoms with van der Waals surface area (Å²) in [6, 6.07) is 40.9. The number of benzene rings is 4. The molecule has 0 atom stereocenters. The predicted molar refractivity (Wildman–Crippen MR) is 136 cm³/mol. The van der Waals surface area contributed by atoms with Crippen LogP contribution in [0.5, 0.6) is 0 Å². The summed E-state index contributed by atoms with van der Waals surface area (Å²) in [6.45, 7) is -2.49. The maximum atomic E-state index is 7.07. The van der Waals surface area contributed by atoms with E-state index in [0.717, 1.165) is 21.2 Å². The molecule has 0 aromatic heterocycles. The lowest BCUT2D eigenvalue weighted by molar-refractivity contribution is 0.713. The van der Waals surface area contributed by atoms with E-state index < -0.39 is 13.0 Å². The fraction of sp³-hybridized carbons (Fsp3) is 0. The van der Waals surface area contributed by atoms with Crippen molar-refractivity contribution in [2.75, 3.05) is 0 Å². The molecule has 4 aromatic carbocycles. The molecule has 0 aliphatic rings. The van der Waals surface area contributed by atoms with E-state index in [-0.39, 0.29) is 0 Å². The van der Waals surface area contributed by atoms with Crippen molar-refractivity contribution >= 4 is 58.2 Å². The van der Waals surface area contributed by atoms with E-state index in [1.165, 1.54) is 0 Å². The van der Waals surface area contributed by atoms with Crippen LogP contribution in [0.4, 0.5) is 0 Å². The Balaban J connectivity index is 1.92. The lowest BCUT2D eigenvalue weighted by atomic mass is 10.4. The van der Waals surface area contributed by atoms with Gasteiger partial charge in [0.1, 0.15) is 10.6 Å². The fourth-order valence-electron chi connectivity index (χ4n) is 3.16. The standard InChI is InChI=1S/C24H21OP2S2/c28-26(21-13-5-1-6-14-21,22-15-7-2-8-16-22)25-27(29,23-17-9-3-10-18-23)24-19-11-4-12-20-24/h1-20,28H/q+1. The van der Waals surface area contributed by atoms with Crippen molar-refractivity contribution in [2.24, 2.45) is 0 Å². The highest BCUT2D eigenvalue weighted by Crippen LogP contribution is 2.71. The van der Waals surface area contributed by atoms with Gasteiger partial charge in [-0.15, -0.1) is 0 Å². The number of thiol groups is 1. The molecule has 0 radical (unpaired) electrons. The highest BCUT2D eigenvalue weighted by Gasteiger charge is 2.48. The van der Waals surface area contributed by atoms with Crippen LogP contribution in [0, 0.1) is 0 Å². The van der Waals surface area contributed by atoms with Gasteiger partial charge in [-0.3, -0.25) is 0 Å². The Bertz CT molecular complexity index is 1020. The van der Waals surface area contributed by atoms with E-state index in [4.69, 9.17) is 28.4 Å². The zero-order valence-electron chi connectivity index (χ0n) is 15.7. The first-order valence-electron chi connectivity index (χ1n) is 9.28. The monoisotopic (exact) mass is 451 g/mol. The van der Waals surface area contributed by atoms with Crippen molar-refractivity contribution < 1.29 is 4.31 Å². The molecule has 4 aromatic rings. The lowest BCUT2D eigenvalue weighted by Crippen LogP contribution is -2.25. The van der Waals surface area contributed by atoms with Crippen LogP contribution in [-0.4, -0.2) is 0 Å². The molecule has 144 valence electrons. The van der Waals surface area contributed by atoms with Crippen LogP contribution in [0.25, 0.3) is 0 Å². The third-order valence-electron chi connectivity index (χ3n) is 4.64. The number of hydrogen-bond acceptors (Lipinski definition) is 3. The molecule has 0 saturated carbocycles. The molecule has 0 aliphatic heterocycles. The first-order valence-corrected chi connectivity index (χ1v) is 14.9. The van der Waals surface area contributed by atoms with Gasteiger partial charge < -0.3 is 0 Å². The molecule has 5 heteroatoms. The first-order chi connectivity index (χ1) is 14.1. The van der Waals surface area contributed by atoms with Gasteiger partial charge in [-0.2, -0.15) is 4.31 Å². The SMILES string of the molecule is S=P(O[P+](S)(c1ccccc1)c1ccccc1)(c1ccccc1)c1ccccc1. The van der Waals surface area contributed by atoms with E-state index >= 15 is 0 Å². The Morgan fingerprint density at radius 3 is 1.21 bits per heavy atom. The summed E-state index contributed by atoms with van der Waals surface area (Å²) in [4.78, 5) is 0. The van der Waals surface area contributed by atoms with E-state index in [2.05, 4.69) is 48.5 Å². The van der Waals surface area contributed by atoms with Gasteiger partial charge in [0.2, 0.25) is 0 Å². The number of rotatable bonds is 6. The van der Waals surface area contributed by atoms with Gasteiger partial charge in [0.05, 0.1) is 0 Å². The van der Waals surface area contributed by atoms with E-state index in [0.29, 0.717) is 0 Å². The third kappa shape index (κ3) is 4.26. The van der Waals surface area contributed by atoms with Crippen LogP contribution in [0.2, 0.25) is 0 Å². The molecule has 4 rings (SSSR count). The second-order valence-corrected chi connectivity index (χ2v) is 14.8. The number of hydrogen-bond donors (Lipinski definition) is 1. The normalized spacial score (nSPS) is 11.9. The van der Waals surface area contributed by atoms with Gasteiger partial charge in [-0.25, -0.2) is 0 Å². The minimum Gasteiger partial charge on any atom is -0.179 e. The van der Waals surface area contributed by atoms with Crippen molar-refractivity contribution in [2.45, 2.75) is 0 Å². The summed E-state index contributed by atoms with van der Waals surface area (Å²) in [7, 11) is 0. The molecule has 0 N–H and O–H groups in total. The van der Waals surface area contributed by atoms with Crippen molar-refractivity contribution in [1.82, 2.24) is 0 Å². The Hall–Kier alpha value is -1.73. The molecule has 1 nitrogen and oxygen atoms in total. The Morgan fingerprint density at radius 1 is 0.552 bits per heavy atom. The molecule has 0 unspecified atom stereocenters. The van der Waals surface area contributed by atoms with Gasteiger partial charge in [-0.05, 0) is 24.3 Å². The highest BCUT2D eigenvalue weighted by atomic mass is 32.7. The fourth-order valence-corrected chi connectivity index (χ4v) is 12.7. The van der Waals surface area contributed by atoms with Gasteiger partial charge in [0.25, 0.3) is 6.69 Å². The molecular weight excluding hydrogens is 430 g/mol. The van der Waals surface area contributed by atoms with Crippen LogP contribution in [0.1, 0.15) is 0 Å². The van der Waals surface area contributed by atoms with E-state index in [9.17, 15) is 0 Å². The topological polar surface area (TPSA) is 9.23 Å². The van der Waals surface area contributed by atoms with Crippen LogP contribution in [-0.2, 0) is 16.1 Å². The van der Waals surface area contributed by atoms with Gasteiger partial charge in [0.15, 0.2) is 6.26 Å². The van der Waals surface area contributed by atoms with E-state index in [1.807, 2.05) is 72.8 Å². The minimum absolute atomic E-state index is 1.03. The minimum atomic E-state index is -2.57. The molecule has 0 amide bonds. The highest BCUT2D eigenvalue weighted by molar-refractivity contribution is 8.57. The molecule has 0 saturated heterocycles. The summed E-state index contributed by atoms with van der Waals surface area (Å²) in [6.07, 6.45) is -2.57. The Kier molecular flexibility index (Phi) is 6.35. The second-order valence-electron chi connectivity index (χ2n) is 6.55. The summed E-state index contributed by atoms with van der Waals surface area (Å²) in [5, 5.41) is 4.20. The first kappa shape index (κ1) is 20.5. The molecule has 0 spiro atoms. The maximum absolute atomic E-state index is 7.07. The molecule has 0 fully saturated rings. The van der Waals surface area contributed by atoms with Crippen molar-refractivity contribution in [3.63, 3.8) is 0 Å². The van der Waals surface area contributed by atoms with Gasteiger partial charge in [0, 0.05) is 22.9 Å². The smallest absolute Gasteiger partial charge is 0.179 e. The van der Waals surface area contributed by atoms with Crippen molar-refractivity contribution in [1.29, 1.82) is 0 Å². The zero-order chi connectivity index (χ0) is 20.2. The Labute approximate surface area is 183 Å². The maximum Gasteiger partial charge on any atom is 0.271 e. The predicted octanol–water partition coefficient (Wildman–Crippen LogP) is 5.48. The average Bonchev–Trinajstić information content (AvgIpc) is 2.81. The van der Waals surface area contributed by atoms with Gasteiger partial charge in [-0.1, -0.05) is 109 Å². The molecular formula is C24H21OP2S2+. The lowest BCUT2D eigenvalue weighted by Gasteiger charge is -2.28. The quantitative estimate of drug-likeness (QED) is 0.307. The van der Waals surface area contributed by atoms with Crippen molar-refractivity contribution in [3.8, 4) is 0 Å². The third-order valence-corrected chi connectivity index (χ3v) is 14.4. The van der Waals surface area contributed by atoms with Crippen LogP contribution < -0.4 is 21.2 Å². The zero-order valence-corrected chi connectivity index (χ0v) is 19.2. The van der Waals surface area contributed by atoms with Crippen molar-refractivity contribution in [3.05, 3.63) is 121 Å². The summed E-state index contributed by atoms with van der Waals surface area (Å²) >= 11 is 11.6. The molecule has 0 bridgehead atoms. The summed E-state index contributed by atoms with van der Waals surface area (Å²) in [5.74, 6) is 0. The van der Waals surface area contributed by atoms with Gasteiger partial charge >= 0.3 is 0 Å². The van der Waals surface area contributed by atoms with E-state index in [1.54, 1.807) is 0 Å². The molecule has 0 aliphatic carbocycles. The summed E-state index contributed by atoms with van der Waals surface area (Å²) in [5.41, 5.74) is 0. The molecule has 0 heterocycles. The van der Waals surface area contributed by atoms with Crippen LogP contribution >= 0.6 is 25.2 Å². The average molecular weight is 452 g/mol.